The number of alkyl halides is 3. The van der Waals surface area contributed by atoms with Gasteiger partial charge in [0.15, 0.2) is 0 Å². The SMILES string of the molecule is O=C(N1CCC(CNc2nn3cc(-c4ccccc4)nc3s2)CC1)C(F)(F)F. The number of aromatic nitrogens is 3. The number of rotatable bonds is 4. The number of benzene rings is 1. The van der Waals surface area contributed by atoms with E-state index in [1.165, 1.54) is 11.3 Å². The summed E-state index contributed by atoms with van der Waals surface area (Å²) >= 11 is 1.43. The minimum atomic E-state index is -4.79. The van der Waals surface area contributed by atoms with Crippen molar-refractivity contribution in [2.45, 2.75) is 19.0 Å². The summed E-state index contributed by atoms with van der Waals surface area (Å²) in [7, 11) is 0. The molecule has 3 heterocycles. The van der Waals surface area contributed by atoms with Crippen molar-refractivity contribution in [3.63, 3.8) is 0 Å². The van der Waals surface area contributed by atoms with E-state index >= 15 is 0 Å². The van der Waals surface area contributed by atoms with Gasteiger partial charge in [0, 0.05) is 25.2 Å². The Balaban J connectivity index is 1.32. The van der Waals surface area contributed by atoms with Crippen LogP contribution >= 0.6 is 11.3 Å². The maximum atomic E-state index is 12.5. The fraction of sp³-hybridized carbons (Fsp3) is 0.389. The van der Waals surface area contributed by atoms with Crippen LogP contribution in [0.1, 0.15) is 12.8 Å². The van der Waals surface area contributed by atoms with Crippen LogP contribution in [-0.2, 0) is 4.79 Å². The first-order chi connectivity index (χ1) is 13.4. The number of nitrogens with one attached hydrogen (secondary N) is 1. The van der Waals surface area contributed by atoms with Crippen molar-refractivity contribution in [1.29, 1.82) is 0 Å². The van der Waals surface area contributed by atoms with E-state index in [1.54, 1.807) is 4.52 Å². The Morgan fingerprint density at radius 3 is 2.57 bits per heavy atom. The molecule has 3 aromatic rings. The minimum absolute atomic E-state index is 0.131. The third kappa shape index (κ3) is 3.96. The number of carbonyl (C=O) groups excluding carboxylic acids is 1. The molecule has 1 N–H and O–H groups in total. The van der Waals surface area contributed by atoms with E-state index in [0.29, 0.717) is 19.4 Å². The molecular weight excluding hydrogens is 391 g/mol. The van der Waals surface area contributed by atoms with Crippen LogP contribution in [0.15, 0.2) is 36.5 Å². The topological polar surface area (TPSA) is 62.5 Å². The van der Waals surface area contributed by atoms with Crippen LogP contribution in [0.2, 0.25) is 0 Å². The first kappa shape index (κ1) is 18.7. The minimum Gasteiger partial charge on any atom is -0.360 e. The van der Waals surface area contributed by atoms with Gasteiger partial charge in [-0.05, 0) is 18.8 Å². The smallest absolute Gasteiger partial charge is 0.360 e. The molecule has 1 fully saturated rings. The Morgan fingerprint density at radius 1 is 1.21 bits per heavy atom. The van der Waals surface area contributed by atoms with E-state index in [0.717, 1.165) is 26.2 Å². The maximum Gasteiger partial charge on any atom is 0.471 e. The number of hydrogen-bond acceptors (Lipinski definition) is 5. The summed E-state index contributed by atoms with van der Waals surface area (Å²) < 4.78 is 39.2. The first-order valence-corrected chi connectivity index (χ1v) is 9.73. The molecule has 1 aliphatic heterocycles. The fourth-order valence-corrected chi connectivity index (χ4v) is 4.06. The lowest BCUT2D eigenvalue weighted by atomic mass is 9.97. The summed E-state index contributed by atoms with van der Waals surface area (Å²) in [6, 6.07) is 9.84. The number of nitrogens with zero attached hydrogens (tertiary/aromatic N) is 4. The summed E-state index contributed by atoms with van der Waals surface area (Å²) in [6.45, 7) is 0.870. The lowest BCUT2D eigenvalue weighted by molar-refractivity contribution is -0.186. The standard InChI is InChI=1S/C18H18F3N5OS/c19-18(20,21)15(27)25-8-6-12(7-9-25)10-22-16-24-26-11-14(23-17(26)28-16)13-4-2-1-3-5-13/h1-5,11-12H,6-10H2,(H,22,24). The van der Waals surface area contributed by atoms with Crippen molar-refractivity contribution in [2.75, 3.05) is 25.0 Å². The summed E-state index contributed by atoms with van der Waals surface area (Å²) in [5.74, 6) is -1.54. The number of fused-ring (bicyclic) bond motifs is 1. The van der Waals surface area contributed by atoms with Gasteiger partial charge in [-0.15, -0.1) is 5.10 Å². The van der Waals surface area contributed by atoms with Gasteiger partial charge < -0.3 is 10.2 Å². The molecule has 148 valence electrons. The molecule has 28 heavy (non-hydrogen) atoms. The molecule has 10 heteroatoms. The van der Waals surface area contributed by atoms with Crippen molar-refractivity contribution in [1.82, 2.24) is 19.5 Å². The molecule has 4 rings (SSSR count). The van der Waals surface area contributed by atoms with Crippen LogP contribution < -0.4 is 5.32 Å². The molecule has 0 unspecified atom stereocenters. The van der Waals surface area contributed by atoms with Gasteiger partial charge in [-0.3, -0.25) is 4.79 Å². The van der Waals surface area contributed by atoms with Crippen LogP contribution in [0.25, 0.3) is 16.2 Å². The van der Waals surface area contributed by atoms with E-state index in [1.807, 2.05) is 36.5 Å². The van der Waals surface area contributed by atoms with Gasteiger partial charge in [-0.2, -0.15) is 13.2 Å². The summed E-state index contributed by atoms with van der Waals surface area (Å²) in [4.78, 5) is 17.5. The normalized spacial score (nSPS) is 15.9. The predicted molar refractivity (Wildman–Crippen MR) is 100 cm³/mol. The molecule has 0 saturated carbocycles. The van der Waals surface area contributed by atoms with E-state index in [-0.39, 0.29) is 19.0 Å². The molecule has 0 aliphatic carbocycles. The number of anilines is 1. The van der Waals surface area contributed by atoms with E-state index < -0.39 is 12.1 Å². The monoisotopic (exact) mass is 409 g/mol. The average Bonchev–Trinajstić information content (AvgIpc) is 3.25. The highest BCUT2D eigenvalue weighted by Gasteiger charge is 2.43. The zero-order chi connectivity index (χ0) is 19.7. The summed E-state index contributed by atoms with van der Waals surface area (Å²) in [5, 5.41) is 8.43. The second kappa shape index (κ2) is 7.42. The third-order valence-corrected chi connectivity index (χ3v) is 5.68. The summed E-state index contributed by atoms with van der Waals surface area (Å²) in [5.41, 5.74) is 1.88. The maximum absolute atomic E-state index is 12.5. The molecule has 0 bridgehead atoms. The highest BCUT2D eigenvalue weighted by molar-refractivity contribution is 7.20. The van der Waals surface area contributed by atoms with Crippen LogP contribution in [-0.4, -0.2) is 51.2 Å². The predicted octanol–water partition coefficient (Wildman–Crippen LogP) is 3.67. The van der Waals surface area contributed by atoms with E-state index in [4.69, 9.17) is 0 Å². The zero-order valence-electron chi connectivity index (χ0n) is 14.8. The average molecular weight is 409 g/mol. The Morgan fingerprint density at radius 2 is 1.93 bits per heavy atom. The number of likely N-dealkylation sites (tertiary alicyclic amines) is 1. The van der Waals surface area contributed by atoms with Gasteiger partial charge in [0.25, 0.3) is 0 Å². The van der Waals surface area contributed by atoms with Crippen molar-refractivity contribution in [2.24, 2.45) is 5.92 Å². The Hall–Kier alpha value is -2.62. The van der Waals surface area contributed by atoms with Gasteiger partial charge in [-0.25, -0.2) is 9.50 Å². The molecule has 2 aromatic heterocycles. The third-order valence-electron chi connectivity index (χ3n) is 4.80. The largest absolute Gasteiger partial charge is 0.471 e. The summed E-state index contributed by atoms with van der Waals surface area (Å²) in [6.07, 6.45) is -1.85. The van der Waals surface area contributed by atoms with Crippen molar-refractivity contribution >= 4 is 27.3 Å². The quantitative estimate of drug-likeness (QED) is 0.714. The molecular formula is C18H18F3N5OS. The van der Waals surface area contributed by atoms with E-state index in [9.17, 15) is 18.0 Å². The number of piperidine rings is 1. The number of halogens is 3. The Kier molecular flexibility index (Phi) is 4.96. The Bertz CT molecular complexity index is 929. The van der Waals surface area contributed by atoms with Gasteiger partial charge in [-0.1, -0.05) is 41.7 Å². The lowest BCUT2D eigenvalue weighted by Crippen LogP contribution is -2.46. The molecule has 1 saturated heterocycles. The molecule has 1 aliphatic rings. The number of imidazole rings is 1. The highest BCUT2D eigenvalue weighted by Crippen LogP contribution is 2.26. The fourth-order valence-electron chi connectivity index (χ4n) is 3.27. The molecule has 0 atom stereocenters. The van der Waals surface area contributed by atoms with Gasteiger partial charge >= 0.3 is 12.1 Å². The molecule has 6 nitrogen and oxygen atoms in total. The van der Waals surface area contributed by atoms with Crippen LogP contribution in [0.5, 0.6) is 0 Å². The van der Waals surface area contributed by atoms with Crippen molar-refractivity contribution < 1.29 is 18.0 Å². The van der Waals surface area contributed by atoms with Crippen LogP contribution in [0, 0.1) is 5.92 Å². The van der Waals surface area contributed by atoms with Crippen LogP contribution in [0.3, 0.4) is 0 Å². The van der Waals surface area contributed by atoms with E-state index in [2.05, 4.69) is 15.4 Å². The Labute approximate surface area is 163 Å². The van der Waals surface area contributed by atoms with Crippen molar-refractivity contribution in [3.05, 3.63) is 36.5 Å². The second-order valence-corrected chi connectivity index (χ2v) is 7.70. The van der Waals surface area contributed by atoms with Gasteiger partial charge in [0.05, 0.1) is 11.9 Å². The van der Waals surface area contributed by atoms with Gasteiger partial charge in [0.1, 0.15) is 0 Å². The first-order valence-electron chi connectivity index (χ1n) is 8.92. The highest BCUT2D eigenvalue weighted by atomic mass is 32.1. The van der Waals surface area contributed by atoms with Crippen LogP contribution in [0.4, 0.5) is 18.3 Å². The number of carbonyl (C=O) groups is 1. The molecule has 0 radical (unpaired) electrons. The number of hydrogen-bond donors (Lipinski definition) is 1. The lowest BCUT2D eigenvalue weighted by Gasteiger charge is -2.32. The second-order valence-electron chi connectivity index (χ2n) is 6.74. The number of amides is 1. The van der Waals surface area contributed by atoms with Gasteiger partial charge in [0.2, 0.25) is 10.1 Å². The molecule has 1 aromatic carbocycles. The van der Waals surface area contributed by atoms with Crippen molar-refractivity contribution in [3.8, 4) is 11.3 Å². The zero-order valence-corrected chi connectivity index (χ0v) is 15.6. The molecule has 0 spiro atoms. The molecule has 1 amide bonds.